The minimum Gasteiger partial charge on any atom is -0.474 e. The van der Waals surface area contributed by atoms with Crippen molar-refractivity contribution in [1.29, 1.82) is 0 Å². The van der Waals surface area contributed by atoms with Gasteiger partial charge in [0.25, 0.3) is 0 Å². The number of ether oxygens (including phenoxy) is 1. The third-order valence-electron chi connectivity index (χ3n) is 3.54. The number of rotatable bonds is 3. The summed E-state index contributed by atoms with van der Waals surface area (Å²) < 4.78 is 5.97. The maximum absolute atomic E-state index is 9.24. The third kappa shape index (κ3) is 3.19. The molecule has 1 aliphatic rings. The van der Waals surface area contributed by atoms with Crippen molar-refractivity contribution in [3.05, 3.63) is 18.1 Å². The van der Waals surface area contributed by atoms with Gasteiger partial charge in [-0.15, -0.1) is 0 Å². The van der Waals surface area contributed by atoms with Crippen molar-refractivity contribution in [2.45, 2.75) is 52.7 Å². The lowest BCUT2D eigenvalue weighted by Crippen LogP contribution is -2.34. The summed E-state index contributed by atoms with van der Waals surface area (Å²) in [5, 5.41) is 9.24. The van der Waals surface area contributed by atoms with Gasteiger partial charge in [0, 0.05) is 6.20 Å². The monoisotopic (exact) mass is 250 g/mol. The first-order chi connectivity index (χ1) is 8.50. The third-order valence-corrected chi connectivity index (χ3v) is 3.54. The zero-order chi connectivity index (χ0) is 13.2. The average molecular weight is 250 g/mol. The van der Waals surface area contributed by atoms with Crippen LogP contribution in [-0.2, 0) is 6.61 Å². The van der Waals surface area contributed by atoms with E-state index in [0.29, 0.717) is 22.8 Å². The van der Waals surface area contributed by atoms with E-state index in [-0.39, 0.29) is 12.7 Å². The van der Waals surface area contributed by atoms with Crippen LogP contribution in [0.2, 0.25) is 0 Å². The van der Waals surface area contributed by atoms with Gasteiger partial charge in [-0.25, -0.2) is 9.97 Å². The van der Waals surface area contributed by atoms with Gasteiger partial charge in [0.2, 0.25) is 5.88 Å². The van der Waals surface area contributed by atoms with Gasteiger partial charge in [-0.1, -0.05) is 20.8 Å². The molecule has 1 N–H and O–H groups in total. The van der Waals surface area contributed by atoms with Crippen LogP contribution in [0.4, 0.5) is 0 Å². The molecule has 2 atom stereocenters. The molecular weight excluding hydrogens is 228 g/mol. The summed E-state index contributed by atoms with van der Waals surface area (Å²) in [4.78, 5) is 8.02. The standard InChI is InChI=1S/C14H22N2O2/c1-10-4-12(6-14(2,3)5-10)18-13-11(8-17)7-15-9-16-13/h7,9-10,12,17H,4-6,8H2,1-3H3. The van der Waals surface area contributed by atoms with Crippen molar-refractivity contribution in [2.24, 2.45) is 11.3 Å². The number of nitrogens with zero attached hydrogens (tertiary/aromatic N) is 2. The van der Waals surface area contributed by atoms with Crippen LogP contribution in [0.15, 0.2) is 12.5 Å². The Hall–Kier alpha value is -1.16. The fourth-order valence-electron chi connectivity index (χ4n) is 3.07. The summed E-state index contributed by atoms with van der Waals surface area (Å²) in [6, 6.07) is 0. The van der Waals surface area contributed by atoms with E-state index < -0.39 is 0 Å². The molecule has 0 bridgehead atoms. The topological polar surface area (TPSA) is 55.2 Å². The lowest BCUT2D eigenvalue weighted by atomic mass is 9.71. The molecule has 1 aromatic heterocycles. The van der Waals surface area contributed by atoms with Gasteiger partial charge in [0.15, 0.2) is 0 Å². The maximum atomic E-state index is 9.24. The second-order valence-electron chi connectivity index (χ2n) is 6.16. The highest BCUT2D eigenvalue weighted by molar-refractivity contribution is 5.21. The van der Waals surface area contributed by atoms with Crippen LogP contribution < -0.4 is 4.74 Å². The molecule has 1 fully saturated rings. The zero-order valence-corrected chi connectivity index (χ0v) is 11.4. The van der Waals surface area contributed by atoms with Crippen molar-refractivity contribution >= 4 is 0 Å². The van der Waals surface area contributed by atoms with Crippen LogP contribution in [0.3, 0.4) is 0 Å². The molecule has 1 aliphatic carbocycles. The van der Waals surface area contributed by atoms with Gasteiger partial charge < -0.3 is 9.84 Å². The van der Waals surface area contributed by atoms with Gasteiger partial charge in [-0.2, -0.15) is 0 Å². The fourth-order valence-corrected chi connectivity index (χ4v) is 3.07. The summed E-state index contributed by atoms with van der Waals surface area (Å²) in [5.41, 5.74) is 0.975. The number of hydrogen-bond donors (Lipinski definition) is 1. The van der Waals surface area contributed by atoms with E-state index in [1.807, 2.05) is 0 Å². The summed E-state index contributed by atoms with van der Waals surface area (Å²) >= 11 is 0. The van der Waals surface area contributed by atoms with Crippen molar-refractivity contribution < 1.29 is 9.84 Å². The maximum Gasteiger partial charge on any atom is 0.222 e. The quantitative estimate of drug-likeness (QED) is 0.895. The number of aromatic nitrogens is 2. The van der Waals surface area contributed by atoms with Crippen molar-refractivity contribution in [1.82, 2.24) is 9.97 Å². The summed E-state index contributed by atoms with van der Waals surface area (Å²) in [6.07, 6.45) is 6.59. The summed E-state index contributed by atoms with van der Waals surface area (Å²) in [7, 11) is 0. The van der Waals surface area contributed by atoms with E-state index in [4.69, 9.17) is 4.74 Å². The smallest absolute Gasteiger partial charge is 0.222 e. The van der Waals surface area contributed by atoms with Crippen molar-refractivity contribution in [3.8, 4) is 5.88 Å². The highest BCUT2D eigenvalue weighted by Crippen LogP contribution is 2.39. The first-order valence-electron chi connectivity index (χ1n) is 6.56. The highest BCUT2D eigenvalue weighted by Gasteiger charge is 2.33. The van der Waals surface area contributed by atoms with E-state index in [2.05, 4.69) is 30.7 Å². The second kappa shape index (κ2) is 5.22. The first kappa shape index (κ1) is 13.3. The Kier molecular flexibility index (Phi) is 3.85. The predicted molar refractivity (Wildman–Crippen MR) is 69.2 cm³/mol. The Labute approximate surface area is 108 Å². The van der Waals surface area contributed by atoms with Crippen LogP contribution in [0.5, 0.6) is 5.88 Å². The molecule has 100 valence electrons. The second-order valence-corrected chi connectivity index (χ2v) is 6.16. The molecule has 2 rings (SSSR count). The Morgan fingerprint density at radius 2 is 2.22 bits per heavy atom. The number of aliphatic hydroxyl groups is 1. The molecule has 0 aromatic carbocycles. The SMILES string of the molecule is CC1CC(Oc2ncncc2CO)CC(C)(C)C1. The van der Waals surface area contributed by atoms with E-state index in [9.17, 15) is 5.11 Å². The number of hydrogen-bond acceptors (Lipinski definition) is 4. The molecule has 0 aliphatic heterocycles. The molecule has 4 nitrogen and oxygen atoms in total. The highest BCUT2D eigenvalue weighted by atomic mass is 16.5. The van der Waals surface area contributed by atoms with Gasteiger partial charge in [0.1, 0.15) is 12.4 Å². The molecule has 0 radical (unpaired) electrons. The Morgan fingerprint density at radius 3 is 2.89 bits per heavy atom. The normalized spacial score (nSPS) is 26.9. The minimum absolute atomic E-state index is 0.0815. The van der Waals surface area contributed by atoms with Gasteiger partial charge in [-0.3, -0.25) is 0 Å². The Morgan fingerprint density at radius 1 is 1.44 bits per heavy atom. The first-order valence-corrected chi connectivity index (χ1v) is 6.56. The minimum atomic E-state index is -0.0815. The lowest BCUT2D eigenvalue weighted by molar-refractivity contribution is 0.0515. The van der Waals surface area contributed by atoms with E-state index in [1.54, 1.807) is 6.20 Å². The summed E-state index contributed by atoms with van der Waals surface area (Å²) in [6.45, 7) is 6.75. The van der Waals surface area contributed by atoms with Crippen LogP contribution in [0.25, 0.3) is 0 Å². The van der Waals surface area contributed by atoms with E-state index >= 15 is 0 Å². The molecule has 1 saturated carbocycles. The van der Waals surface area contributed by atoms with Crippen LogP contribution in [-0.4, -0.2) is 21.2 Å². The molecule has 4 heteroatoms. The molecule has 0 amide bonds. The van der Waals surface area contributed by atoms with Crippen LogP contribution >= 0.6 is 0 Å². The zero-order valence-electron chi connectivity index (χ0n) is 11.4. The van der Waals surface area contributed by atoms with Gasteiger partial charge in [-0.05, 0) is 30.6 Å². The van der Waals surface area contributed by atoms with Gasteiger partial charge in [0.05, 0.1) is 12.2 Å². The van der Waals surface area contributed by atoms with Crippen LogP contribution in [0, 0.1) is 11.3 Å². The molecule has 0 saturated heterocycles. The molecule has 2 unspecified atom stereocenters. The molecular formula is C14H22N2O2. The Balaban J connectivity index is 2.09. The lowest BCUT2D eigenvalue weighted by Gasteiger charge is -2.38. The molecule has 1 heterocycles. The fraction of sp³-hybridized carbons (Fsp3) is 0.714. The largest absolute Gasteiger partial charge is 0.474 e. The summed E-state index contributed by atoms with van der Waals surface area (Å²) in [5.74, 6) is 1.19. The van der Waals surface area contributed by atoms with Crippen LogP contribution in [0.1, 0.15) is 45.6 Å². The molecule has 18 heavy (non-hydrogen) atoms. The predicted octanol–water partition coefficient (Wildman–Crippen LogP) is 2.56. The molecule has 0 spiro atoms. The average Bonchev–Trinajstić information content (AvgIpc) is 2.27. The van der Waals surface area contributed by atoms with Crippen molar-refractivity contribution in [2.75, 3.05) is 0 Å². The van der Waals surface area contributed by atoms with Gasteiger partial charge >= 0.3 is 0 Å². The van der Waals surface area contributed by atoms with E-state index in [0.717, 1.165) is 12.8 Å². The van der Waals surface area contributed by atoms with Crippen molar-refractivity contribution in [3.63, 3.8) is 0 Å². The van der Waals surface area contributed by atoms with E-state index in [1.165, 1.54) is 12.7 Å². The Bertz CT molecular complexity index is 407. The molecule has 1 aromatic rings. The number of aliphatic hydroxyl groups excluding tert-OH is 1.